The molecule has 4 nitrogen and oxygen atoms in total. The minimum Gasteiger partial charge on any atom is -0.346 e. The molecular formula is C14H22O4. The van der Waals surface area contributed by atoms with Crippen LogP contribution in [0.15, 0.2) is 0 Å². The third kappa shape index (κ3) is 1.25. The Labute approximate surface area is 108 Å². The molecule has 0 aromatic rings. The predicted octanol–water partition coefficient (Wildman–Crippen LogP) is 2.62. The Morgan fingerprint density at radius 2 is 1.83 bits per heavy atom. The lowest BCUT2D eigenvalue weighted by molar-refractivity contribution is -0.541. The van der Waals surface area contributed by atoms with Gasteiger partial charge in [0.15, 0.2) is 11.9 Å². The van der Waals surface area contributed by atoms with E-state index in [1.54, 1.807) is 0 Å². The van der Waals surface area contributed by atoms with Gasteiger partial charge in [-0.1, -0.05) is 6.92 Å². The molecule has 0 N–H and O–H groups in total. The van der Waals surface area contributed by atoms with Crippen molar-refractivity contribution in [1.82, 2.24) is 0 Å². The Balaban J connectivity index is 1.82. The van der Waals surface area contributed by atoms with Crippen molar-refractivity contribution in [3.63, 3.8) is 0 Å². The summed E-state index contributed by atoms with van der Waals surface area (Å²) in [5.74, 6) is 0.939. The van der Waals surface area contributed by atoms with E-state index >= 15 is 0 Å². The Hall–Kier alpha value is -0.160. The molecule has 0 aromatic carbocycles. The van der Waals surface area contributed by atoms with E-state index in [0.29, 0.717) is 17.8 Å². The van der Waals surface area contributed by atoms with Gasteiger partial charge >= 0.3 is 0 Å². The van der Waals surface area contributed by atoms with Gasteiger partial charge in [-0.15, -0.1) is 0 Å². The maximum Gasteiger partial charge on any atom is 0.201 e. The number of hydrogen-bond donors (Lipinski definition) is 0. The fourth-order valence-corrected chi connectivity index (χ4v) is 4.65. The van der Waals surface area contributed by atoms with E-state index in [1.165, 1.54) is 6.42 Å². The van der Waals surface area contributed by atoms with Gasteiger partial charge in [0.05, 0.1) is 6.10 Å². The van der Waals surface area contributed by atoms with Crippen LogP contribution in [0.2, 0.25) is 0 Å². The number of hydrogen-bond acceptors (Lipinski definition) is 4. The number of ether oxygens (including phenoxy) is 2. The summed E-state index contributed by atoms with van der Waals surface area (Å²) in [5.41, 5.74) is -0.354. The van der Waals surface area contributed by atoms with Crippen LogP contribution in [0.1, 0.15) is 46.5 Å². The van der Waals surface area contributed by atoms with Crippen LogP contribution in [0.3, 0.4) is 0 Å². The van der Waals surface area contributed by atoms with Crippen molar-refractivity contribution in [3.8, 4) is 0 Å². The van der Waals surface area contributed by atoms with E-state index < -0.39 is 5.79 Å². The van der Waals surface area contributed by atoms with Crippen molar-refractivity contribution in [2.24, 2.45) is 17.8 Å². The van der Waals surface area contributed by atoms with E-state index in [9.17, 15) is 0 Å². The van der Waals surface area contributed by atoms with Gasteiger partial charge in [-0.2, -0.15) is 0 Å². The molecule has 5 aliphatic rings. The molecule has 0 unspecified atom stereocenters. The highest BCUT2D eigenvalue weighted by molar-refractivity contribution is 5.10. The Morgan fingerprint density at radius 3 is 2.67 bits per heavy atom. The van der Waals surface area contributed by atoms with Gasteiger partial charge in [-0.3, -0.25) is 0 Å². The standard InChI is InChI=1S/C14H22O4/c1-8-4-5-11-9(2)15-12-14(11)10(8)6-7-13(3,16-12)17-18-14/h8-12H,4-7H2,1-3H3/t8-,9+,10+,11+,12-,13-,14-/m1/s1. The molecule has 1 spiro atoms. The SMILES string of the molecule is C[C@@H]1CC[C@H]2[C@H](C)O[C@@H]3O[C@@]4(C)CC[C@@H]1[C@]32OO4. The lowest BCUT2D eigenvalue weighted by atomic mass is 9.62. The van der Waals surface area contributed by atoms with Gasteiger partial charge in [0, 0.05) is 12.3 Å². The molecule has 0 radical (unpaired) electrons. The summed E-state index contributed by atoms with van der Waals surface area (Å²) < 4.78 is 12.2. The van der Waals surface area contributed by atoms with Crippen LogP contribution in [-0.2, 0) is 19.2 Å². The summed E-state index contributed by atoms with van der Waals surface area (Å²) in [4.78, 5) is 11.6. The average Bonchev–Trinajstić information content (AvgIpc) is 2.45. The quantitative estimate of drug-likeness (QED) is 0.623. The molecule has 0 aromatic heterocycles. The highest BCUT2D eigenvalue weighted by Gasteiger charge is 2.70. The summed E-state index contributed by atoms with van der Waals surface area (Å²) >= 11 is 0. The molecule has 4 heterocycles. The van der Waals surface area contributed by atoms with Crippen molar-refractivity contribution in [3.05, 3.63) is 0 Å². The molecule has 5 rings (SSSR count). The van der Waals surface area contributed by atoms with Crippen molar-refractivity contribution in [2.75, 3.05) is 0 Å². The van der Waals surface area contributed by atoms with Gasteiger partial charge in [-0.25, -0.2) is 9.78 Å². The summed E-state index contributed by atoms with van der Waals surface area (Å²) in [5, 5.41) is 0. The molecule has 4 heteroatoms. The summed E-state index contributed by atoms with van der Waals surface area (Å²) in [6.45, 7) is 6.44. The first-order valence-electron chi connectivity index (χ1n) is 7.25. The largest absolute Gasteiger partial charge is 0.346 e. The fraction of sp³-hybridized carbons (Fsp3) is 1.00. The van der Waals surface area contributed by atoms with Crippen LogP contribution in [0, 0.1) is 17.8 Å². The Kier molecular flexibility index (Phi) is 2.25. The zero-order chi connectivity index (χ0) is 12.5. The van der Waals surface area contributed by atoms with Crippen LogP contribution in [0.4, 0.5) is 0 Å². The van der Waals surface area contributed by atoms with E-state index in [-0.39, 0.29) is 18.0 Å². The first kappa shape index (κ1) is 11.6. The zero-order valence-corrected chi connectivity index (χ0v) is 11.3. The highest BCUT2D eigenvalue weighted by Crippen LogP contribution is 2.60. The zero-order valence-electron chi connectivity index (χ0n) is 11.3. The normalized spacial score (nSPS) is 62.5. The molecule has 4 aliphatic heterocycles. The van der Waals surface area contributed by atoms with E-state index in [1.807, 2.05) is 6.92 Å². The third-order valence-electron chi connectivity index (χ3n) is 5.68. The molecule has 18 heavy (non-hydrogen) atoms. The van der Waals surface area contributed by atoms with E-state index in [2.05, 4.69) is 13.8 Å². The van der Waals surface area contributed by atoms with Crippen LogP contribution in [0.5, 0.6) is 0 Å². The van der Waals surface area contributed by atoms with Crippen LogP contribution < -0.4 is 0 Å². The fourth-order valence-electron chi connectivity index (χ4n) is 4.65. The molecule has 1 aliphatic carbocycles. The molecule has 0 amide bonds. The van der Waals surface area contributed by atoms with Gasteiger partial charge < -0.3 is 9.47 Å². The molecule has 1 saturated carbocycles. The topological polar surface area (TPSA) is 36.9 Å². The van der Waals surface area contributed by atoms with Crippen molar-refractivity contribution >= 4 is 0 Å². The minimum atomic E-state index is -0.623. The van der Waals surface area contributed by atoms with E-state index in [4.69, 9.17) is 19.2 Å². The molecule has 4 saturated heterocycles. The Morgan fingerprint density at radius 1 is 1.00 bits per heavy atom. The lowest BCUT2D eigenvalue weighted by Crippen LogP contribution is -2.61. The molecular weight excluding hydrogens is 232 g/mol. The lowest BCUT2D eigenvalue weighted by Gasteiger charge is -2.50. The van der Waals surface area contributed by atoms with Gasteiger partial charge in [-0.05, 0) is 44.9 Å². The molecule has 2 bridgehead atoms. The smallest absolute Gasteiger partial charge is 0.201 e. The highest BCUT2D eigenvalue weighted by atomic mass is 17.3. The second-order valence-corrected chi connectivity index (χ2v) is 6.75. The van der Waals surface area contributed by atoms with E-state index in [0.717, 1.165) is 19.3 Å². The van der Waals surface area contributed by atoms with Gasteiger partial charge in [0.2, 0.25) is 5.79 Å². The number of fused-ring (bicyclic) bond motifs is 2. The second kappa shape index (κ2) is 3.48. The van der Waals surface area contributed by atoms with Crippen molar-refractivity contribution in [2.45, 2.75) is 70.2 Å². The van der Waals surface area contributed by atoms with Gasteiger partial charge in [0.25, 0.3) is 0 Å². The minimum absolute atomic E-state index is 0.203. The van der Waals surface area contributed by atoms with Crippen LogP contribution in [-0.4, -0.2) is 23.8 Å². The average molecular weight is 254 g/mol. The maximum absolute atomic E-state index is 6.10. The second-order valence-electron chi connectivity index (χ2n) is 6.75. The monoisotopic (exact) mass is 254 g/mol. The van der Waals surface area contributed by atoms with Crippen molar-refractivity contribution in [1.29, 1.82) is 0 Å². The van der Waals surface area contributed by atoms with Gasteiger partial charge in [0.1, 0.15) is 0 Å². The summed E-state index contributed by atoms with van der Waals surface area (Å²) in [6, 6.07) is 0. The first-order valence-corrected chi connectivity index (χ1v) is 7.25. The van der Waals surface area contributed by atoms with Crippen molar-refractivity contribution < 1.29 is 19.2 Å². The Bertz CT molecular complexity index is 373. The summed E-state index contributed by atoms with van der Waals surface area (Å²) in [6.07, 6.45) is 4.38. The summed E-state index contributed by atoms with van der Waals surface area (Å²) in [7, 11) is 0. The van der Waals surface area contributed by atoms with Crippen LogP contribution >= 0.6 is 0 Å². The molecule has 102 valence electrons. The molecule has 5 fully saturated rings. The molecule has 7 atom stereocenters. The number of rotatable bonds is 0. The van der Waals surface area contributed by atoms with Crippen LogP contribution in [0.25, 0.3) is 0 Å². The predicted molar refractivity (Wildman–Crippen MR) is 63.3 cm³/mol. The third-order valence-corrected chi connectivity index (χ3v) is 5.68. The first-order chi connectivity index (χ1) is 8.55. The maximum atomic E-state index is 6.10.